The lowest BCUT2D eigenvalue weighted by Gasteiger charge is -2.26. The molecule has 29 heavy (non-hydrogen) atoms. The predicted molar refractivity (Wildman–Crippen MR) is 127 cm³/mol. The molecule has 0 aliphatic carbocycles. The van der Waals surface area contributed by atoms with Crippen molar-refractivity contribution in [2.75, 3.05) is 60.0 Å². The number of hydrogen-bond donors (Lipinski definition) is 2. The van der Waals surface area contributed by atoms with E-state index in [0.29, 0.717) is 11.4 Å². The van der Waals surface area contributed by atoms with Crippen molar-refractivity contribution in [3.63, 3.8) is 0 Å². The topological polar surface area (TPSA) is 86.3 Å². The summed E-state index contributed by atoms with van der Waals surface area (Å²) in [6.07, 6.45) is 1.04. The minimum atomic E-state index is -3.40. The highest BCUT2D eigenvalue weighted by atomic mass is 127. The van der Waals surface area contributed by atoms with Crippen molar-refractivity contribution < 1.29 is 13.2 Å². The van der Waals surface area contributed by atoms with Crippen LogP contribution in [-0.2, 0) is 21.3 Å². The van der Waals surface area contributed by atoms with Crippen molar-refractivity contribution in [2.45, 2.75) is 24.8 Å². The van der Waals surface area contributed by atoms with Gasteiger partial charge < -0.3 is 15.4 Å². The van der Waals surface area contributed by atoms with Crippen LogP contribution in [0.4, 0.5) is 0 Å². The summed E-state index contributed by atoms with van der Waals surface area (Å²) in [7, 11) is -0.339. The van der Waals surface area contributed by atoms with Crippen molar-refractivity contribution in [1.29, 1.82) is 0 Å². The van der Waals surface area contributed by atoms with Crippen LogP contribution in [0.25, 0.3) is 0 Å². The maximum Gasteiger partial charge on any atom is 0.242 e. The fourth-order valence-corrected chi connectivity index (χ4v) is 3.73. The Bertz CT molecular complexity index is 720. The molecule has 1 aromatic carbocycles. The van der Waals surface area contributed by atoms with Gasteiger partial charge in [0.1, 0.15) is 0 Å². The van der Waals surface area contributed by atoms with Gasteiger partial charge in [-0.3, -0.25) is 4.90 Å². The van der Waals surface area contributed by atoms with Gasteiger partial charge in [0, 0.05) is 40.3 Å². The molecule has 0 unspecified atom stereocenters. The summed E-state index contributed by atoms with van der Waals surface area (Å²) < 4.78 is 30.8. The van der Waals surface area contributed by atoms with E-state index in [9.17, 15) is 8.42 Å². The Kier molecular flexibility index (Phi) is 12.0. The summed E-state index contributed by atoms with van der Waals surface area (Å²) in [4.78, 5) is 7.30. The molecule has 0 atom stereocenters. The van der Waals surface area contributed by atoms with E-state index in [1.807, 2.05) is 19.1 Å². The van der Waals surface area contributed by atoms with Crippen LogP contribution in [0.1, 0.15) is 18.9 Å². The predicted octanol–water partition coefficient (Wildman–Crippen LogP) is 1.33. The van der Waals surface area contributed by atoms with Gasteiger partial charge in [-0.15, -0.1) is 24.0 Å². The van der Waals surface area contributed by atoms with Crippen LogP contribution in [0, 0.1) is 0 Å². The van der Waals surface area contributed by atoms with Crippen LogP contribution in [-0.4, -0.2) is 83.6 Å². The van der Waals surface area contributed by atoms with Crippen molar-refractivity contribution in [3.05, 3.63) is 29.8 Å². The largest absolute Gasteiger partial charge is 0.379 e. The van der Waals surface area contributed by atoms with Crippen LogP contribution in [0.3, 0.4) is 0 Å². The smallest absolute Gasteiger partial charge is 0.242 e. The monoisotopic (exact) mass is 539 g/mol. The first kappa shape index (κ1) is 26.1. The first-order chi connectivity index (χ1) is 13.4. The third-order valence-electron chi connectivity index (χ3n) is 4.51. The van der Waals surface area contributed by atoms with Crippen molar-refractivity contribution in [2.24, 2.45) is 4.99 Å². The van der Waals surface area contributed by atoms with Gasteiger partial charge in [0.25, 0.3) is 0 Å². The number of hydrogen-bond acceptors (Lipinski definition) is 5. The molecule has 2 N–H and O–H groups in total. The zero-order chi connectivity index (χ0) is 20.4. The van der Waals surface area contributed by atoms with Gasteiger partial charge in [-0.05, 0) is 37.6 Å². The summed E-state index contributed by atoms with van der Waals surface area (Å²) in [5, 5.41) is 6.60. The fourth-order valence-electron chi connectivity index (χ4n) is 2.82. The number of aliphatic imine (C=N–C) groups is 1. The van der Waals surface area contributed by atoms with Crippen molar-refractivity contribution in [1.82, 2.24) is 19.8 Å². The summed E-state index contributed by atoms with van der Waals surface area (Å²) in [6, 6.07) is 6.87. The molecule has 1 aliphatic heterocycles. The lowest BCUT2D eigenvalue weighted by molar-refractivity contribution is 0.0376. The summed E-state index contributed by atoms with van der Waals surface area (Å²) in [6.45, 7) is 8.88. The zero-order valence-electron chi connectivity index (χ0n) is 17.6. The Morgan fingerprint density at radius 2 is 1.83 bits per heavy atom. The number of benzene rings is 1. The normalized spacial score (nSPS) is 15.8. The second-order valence-electron chi connectivity index (χ2n) is 6.86. The average molecular weight is 539 g/mol. The molecule has 0 bridgehead atoms. The van der Waals surface area contributed by atoms with Crippen molar-refractivity contribution >= 4 is 40.0 Å². The zero-order valence-corrected chi connectivity index (χ0v) is 20.7. The second kappa shape index (κ2) is 13.4. The number of halogens is 1. The molecular formula is C19H34IN5O3S. The van der Waals surface area contributed by atoms with Crippen LogP contribution < -0.4 is 10.6 Å². The molecule has 0 spiro atoms. The minimum Gasteiger partial charge on any atom is -0.379 e. The summed E-state index contributed by atoms with van der Waals surface area (Å²) >= 11 is 0. The van der Waals surface area contributed by atoms with Gasteiger partial charge in [-0.25, -0.2) is 17.7 Å². The molecule has 1 fully saturated rings. The van der Waals surface area contributed by atoms with Gasteiger partial charge >= 0.3 is 0 Å². The summed E-state index contributed by atoms with van der Waals surface area (Å²) in [5.74, 6) is 0.773. The number of guanidine groups is 1. The molecule has 2 rings (SSSR count). The number of ether oxygens (including phenoxy) is 1. The Labute approximate surface area is 192 Å². The Morgan fingerprint density at radius 1 is 1.17 bits per heavy atom. The van der Waals surface area contributed by atoms with Gasteiger partial charge in [0.15, 0.2) is 5.96 Å². The Morgan fingerprint density at radius 3 is 2.41 bits per heavy atom. The Balaban J connectivity index is 0.00000420. The summed E-state index contributed by atoms with van der Waals surface area (Å²) in [5.41, 5.74) is 0.961. The molecule has 1 aromatic rings. The lowest BCUT2D eigenvalue weighted by Crippen LogP contribution is -2.40. The van der Waals surface area contributed by atoms with E-state index in [1.165, 1.54) is 18.4 Å². The molecule has 1 aliphatic rings. The second-order valence-corrected chi connectivity index (χ2v) is 9.01. The maximum atomic E-state index is 12.1. The lowest BCUT2D eigenvalue weighted by atomic mass is 10.2. The molecule has 8 nitrogen and oxygen atoms in total. The van der Waals surface area contributed by atoms with E-state index in [1.54, 1.807) is 12.1 Å². The van der Waals surface area contributed by atoms with E-state index in [0.717, 1.165) is 63.9 Å². The van der Waals surface area contributed by atoms with Gasteiger partial charge in [0.05, 0.1) is 24.7 Å². The maximum absolute atomic E-state index is 12.1. The van der Waals surface area contributed by atoms with Crippen LogP contribution in [0.5, 0.6) is 0 Å². The van der Waals surface area contributed by atoms with Crippen molar-refractivity contribution in [3.8, 4) is 0 Å². The fraction of sp³-hybridized carbons (Fsp3) is 0.632. The quantitative estimate of drug-likeness (QED) is 0.213. The highest BCUT2D eigenvalue weighted by Crippen LogP contribution is 2.14. The number of rotatable bonds is 9. The van der Waals surface area contributed by atoms with E-state index < -0.39 is 10.0 Å². The first-order valence-corrected chi connectivity index (χ1v) is 11.2. The molecule has 0 aromatic heterocycles. The molecule has 1 heterocycles. The minimum absolute atomic E-state index is 0. The van der Waals surface area contributed by atoms with Gasteiger partial charge in [-0.2, -0.15) is 0 Å². The van der Waals surface area contributed by atoms with E-state index in [2.05, 4.69) is 20.5 Å². The molecule has 0 radical (unpaired) electrons. The van der Waals surface area contributed by atoms with Gasteiger partial charge in [0.2, 0.25) is 10.0 Å². The Hall–Kier alpha value is -0.950. The average Bonchev–Trinajstić information content (AvgIpc) is 2.70. The molecule has 10 heteroatoms. The molecule has 1 saturated heterocycles. The van der Waals surface area contributed by atoms with Gasteiger partial charge in [-0.1, -0.05) is 12.1 Å². The number of nitrogens with one attached hydrogen (secondary N) is 2. The third kappa shape index (κ3) is 8.75. The molecular weight excluding hydrogens is 505 g/mol. The molecule has 166 valence electrons. The number of nitrogens with zero attached hydrogens (tertiary/aromatic N) is 3. The van der Waals surface area contributed by atoms with Crippen LogP contribution >= 0.6 is 24.0 Å². The SMILES string of the molecule is CCNC(=NCc1ccc(S(=O)(=O)N(C)C)cc1)NCCCN1CCOCC1.I. The van der Waals surface area contributed by atoms with Crippen LogP contribution in [0.15, 0.2) is 34.2 Å². The van der Waals surface area contributed by atoms with E-state index >= 15 is 0 Å². The molecule has 0 saturated carbocycles. The standard InChI is InChI=1S/C19H33N5O3S.HI/c1-4-20-19(21-10-5-11-24-12-14-27-15-13-24)22-16-17-6-8-18(9-7-17)28(25,26)23(2)3;/h6-9H,4-5,10-16H2,1-3H3,(H2,20,21,22);1H. The highest BCUT2D eigenvalue weighted by molar-refractivity contribution is 14.0. The number of sulfonamides is 1. The highest BCUT2D eigenvalue weighted by Gasteiger charge is 2.16. The third-order valence-corrected chi connectivity index (χ3v) is 6.34. The first-order valence-electron chi connectivity index (χ1n) is 9.77. The van der Waals surface area contributed by atoms with E-state index in [-0.39, 0.29) is 24.0 Å². The van der Waals surface area contributed by atoms with E-state index in [4.69, 9.17) is 4.74 Å². The van der Waals surface area contributed by atoms with Crippen LogP contribution in [0.2, 0.25) is 0 Å². The molecule has 0 amide bonds. The number of morpholine rings is 1.